The minimum atomic E-state index is -0.331. The Morgan fingerprint density at radius 3 is 2.88 bits per heavy atom. The number of benzene rings is 1. The zero-order valence-corrected chi connectivity index (χ0v) is 19.1. The molecule has 3 aromatic rings. The lowest BCUT2D eigenvalue weighted by Gasteiger charge is -2.40. The fourth-order valence-electron chi connectivity index (χ4n) is 5.16. The predicted octanol–water partition coefficient (Wildman–Crippen LogP) is 5.03. The van der Waals surface area contributed by atoms with Gasteiger partial charge in [0, 0.05) is 54.5 Å². The lowest BCUT2D eigenvalue weighted by Crippen LogP contribution is -2.54. The van der Waals surface area contributed by atoms with Crippen molar-refractivity contribution in [3.8, 4) is 0 Å². The number of pyridine rings is 1. The van der Waals surface area contributed by atoms with Crippen molar-refractivity contribution in [3.63, 3.8) is 0 Å². The van der Waals surface area contributed by atoms with Gasteiger partial charge in [-0.15, -0.1) is 0 Å². The van der Waals surface area contributed by atoms with Gasteiger partial charge in [-0.1, -0.05) is 31.7 Å². The maximum Gasteiger partial charge on any atom is 0.149 e. The van der Waals surface area contributed by atoms with Crippen LogP contribution < -0.4 is 5.32 Å². The number of fused-ring (bicyclic) bond motifs is 3. The molecule has 0 spiro atoms. The molecule has 0 unspecified atom stereocenters. The second-order valence-electron chi connectivity index (χ2n) is 9.06. The molecule has 4 heterocycles. The molecule has 5 nitrogen and oxygen atoms in total. The van der Waals surface area contributed by atoms with Crippen molar-refractivity contribution < 1.29 is 8.78 Å². The number of rotatable bonds is 8. The highest BCUT2D eigenvalue weighted by molar-refractivity contribution is 5.85. The van der Waals surface area contributed by atoms with E-state index in [1.54, 1.807) is 12.3 Å². The third-order valence-corrected chi connectivity index (χ3v) is 6.91. The van der Waals surface area contributed by atoms with Crippen molar-refractivity contribution in [1.29, 1.82) is 0 Å². The molecule has 1 saturated heterocycles. The Bertz CT molecular complexity index is 1150. The summed E-state index contributed by atoms with van der Waals surface area (Å²) in [4.78, 5) is 12.5. The zero-order chi connectivity index (χ0) is 22.9. The van der Waals surface area contributed by atoms with E-state index in [1.807, 2.05) is 12.1 Å². The Morgan fingerprint density at radius 2 is 2.12 bits per heavy atom. The van der Waals surface area contributed by atoms with Gasteiger partial charge in [0.2, 0.25) is 0 Å². The van der Waals surface area contributed by atoms with Gasteiger partial charge < -0.3 is 15.2 Å². The van der Waals surface area contributed by atoms with Crippen molar-refractivity contribution in [2.75, 3.05) is 38.2 Å². The van der Waals surface area contributed by atoms with Crippen LogP contribution in [0.25, 0.3) is 10.9 Å². The first-order valence-electron chi connectivity index (χ1n) is 11.8. The summed E-state index contributed by atoms with van der Waals surface area (Å²) in [7, 11) is 0. The van der Waals surface area contributed by atoms with Gasteiger partial charge in [-0.3, -0.25) is 14.3 Å². The first-order chi connectivity index (χ1) is 16.1. The maximum atomic E-state index is 15.5. The minimum Gasteiger partial charge on any atom is -0.378 e. The van der Waals surface area contributed by atoms with Gasteiger partial charge in [0.25, 0.3) is 0 Å². The fourth-order valence-corrected chi connectivity index (χ4v) is 5.16. The van der Waals surface area contributed by atoms with Crippen molar-refractivity contribution in [2.24, 2.45) is 0 Å². The average molecular weight is 452 g/mol. The molecule has 5 rings (SSSR count). The number of nitrogens with zero attached hydrogens (tertiary/aromatic N) is 3. The van der Waals surface area contributed by atoms with Crippen LogP contribution in [0.4, 0.5) is 14.5 Å². The van der Waals surface area contributed by atoms with Crippen molar-refractivity contribution >= 4 is 16.6 Å². The average Bonchev–Trinajstić information content (AvgIpc) is 3.18. The number of H-pyrrole nitrogens is 1. The minimum absolute atomic E-state index is 0.239. The van der Waals surface area contributed by atoms with Gasteiger partial charge in [0.05, 0.1) is 24.6 Å². The SMILES string of the molecule is C=C(CC)N1CCc2c([nH]c3ccccc23)[C@H]1c1ncc(NC2CN(CCCF)C2)cc1F. The van der Waals surface area contributed by atoms with E-state index in [-0.39, 0.29) is 24.6 Å². The van der Waals surface area contributed by atoms with Crippen LogP contribution in [0.3, 0.4) is 0 Å². The van der Waals surface area contributed by atoms with E-state index in [2.05, 4.69) is 50.7 Å². The molecular weight excluding hydrogens is 420 g/mol. The first-order valence-corrected chi connectivity index (χ1v) is 11.8. The van der Waals surface area contributed by atoms with Gasteiger partial charge >= 0.3 is 0 Å². The van der Waals surface area contributed by atoms with Crippen LogP contribution in [0.2, 0.25) is 0 Å². The largest absolute Gasteiger partial charge is 0.378 e. The molecule has 1 atom stereocenters. The van der Waals surface area contributed by atoms with E-state index in [9.17, 15) is 4.39 Å². The first kappa shape index (κ1) is 21.9. The number of aromatic nitrogens is 2. The van der Waals surface area contributed by atoms with Crippen LogP contribution >= 0.6 is 0 Å². The van der Waals surface area contributed by atoms with Gasteiger partial charge in [-0.25, -0.2) is 4.39 Å². The van der Waals surface area contributed by atoms with Crippen LogP contribution in [0.5, 0.6) is 0 Å². The molecule has 1 aromatic carbocycles. The van der Waals surface area contributed by atoms with E-state index >= 15 is 4.39 Å². The van der Waals surface area contributed by atoms with Crippen LogP contribution in [0.15, 0.2) is 48.8 Å². The molecule has 2 N–H and O–H groups in total. The summed E-state index contributed by atoms with van der Waals surface area (Å²) >= 11 is 0. The quantitative estimate of drug-likeness (QED) is 0.504. The van der Waals surface area contributed by atoms with Gasteiger partial charge in [-0.2, -0.15) is 0 Å². The summed E-state index contributed by atoms with van der Waals surface area (Å²) in [6.45, 7) is 9.28. The lowest BCUT2D eigenvalue weighted by atomic mass is 9.94. The molecule has 7 heteroatoms. The molecule has 0 aliphatic carbocycles. The zero-order valence-electron chi connectivity index (χ0n) is 19.1. The Balaban J connectivity index is 1.42. The number of allylic oxidation sites excluding steroid dienone is 1. The van der Waals surface area contributed by atoms with Crippen molar-refractivity contribution in [1.82, 2.24) is 19.8 Å². The normalized spacial score (nSPS) is 18.9. The molecule has 2 aliphatic heterocycles. The highest BCUT2D eigenvalue weighted by atomic mass is 19.1. The molecule has 2 aromatic heterocycles. The van der Waals surface area contributed by atoms with Crippen LogP contribution in [0.1, 0.15) is 42.8 Å². The van der Waals surface area contributed by atoms with Gasteiger partial charge in [-0.05, 0) is 30.9 Å². The van der Waals surface area contributed by atoms with Crippen molar-refractivity contribution in [3.05, 3.63) is 71.6 Å². The van der Waals surface area contributed by atoms with Crippen LogP contribution in [-0.4, -0.2) is 58.7 Å². The number of hydrogen-bond donors (Lipinski definition) is 2. The number of halogens is 2. The molecule has 33 heavy (non-hydrogen) atoms. The number of hydrogen-bond acceptors (Lipinski definition) is 4. The number of anilines is 1. The molecule has 0 amide bonds. The Labute approximate surface area is 193 Å². The van der Waals surface area contributed by atoms with E-state index in [0.717, 1.165) is 55.9 Å². The summed E-state index contributed by atoms with van der Waals surface area (Å²) in [6, 6.07) is 9.71. The molecular formula is C26H31F2N5. The Kier molecular flexibility index (Phi) is 6.06. The summed E-state index contributed by atoms with van der Waals surface area (Å²) in [6.07, 6.45) is 3.98. The van der Waals surface area contributed by atoms with E-state index in [0.29, 0.717) is 17.8 Å². The monoisotopic (exact) mass is 451 g/mol. The summed E-state index contributed by atoms with van der Waals surface area (Å²) in [5.74, 6) is -0.320. The number of alkyl halides is 1. The molecule has 0 saturated carbocycles. The number of para-hydroxylation sites is 1. The molecule has 0 bridgehead atoms. The van der Waals surface area contributed by atoms with Crippen molar-refractivity contribution in [2.45, 2.75) is 38.3 Å². The molecule has 2 aliphatic rings. The van der Waals surface area contributed by atoms with Gasteiger partial charge in [0.15, 0.2) is 0 Å². The number of likely N-dealkylation sites (tertiary alicyclic amines) is 1. The third kappa shape index (κ3) is 4.10. The molecule has 174 valence electrons. The summed E-state index contributed by atoms with van der Waals surface area (Å²) in [5, 5.41) is 4.56. The van der Waals surface area contributed by atoms with E-state index < -0.39 is 0 Å². The second-order valence-corrected chi connectivity index (χ2v) is 9.06. The topological polar surface area (TPSA) is 47.2 Å². The summed E-state index contributed by atoms with van der Waals surface area (Å²) < 4.78 is 27.9. The third-order valence-electron chi connectivity index (χ3n) is 6.91. The van der Waals surface area contributed by atoms with Crippen LogP contribution in [0, 0.1) is 5.82 Å². The smallest absolute Gasteiger partial charge is 0.149 e. The highest BCUT2D eigenvalue weighted by Gasteiger charge is 2.35. The van der Waals surface area contributed by atoms with E-state index in [1.165, 1.54) is 10.9 Å². The summed E-state index contributed by atoms with van der Waals surface area (Å²) in [5.41, 5.74) is 5.39. The lowest BCUT2D eigenvalue weighted by molar-refractivity contribution is 0.155. The maximum absolute atomic E-state index is 15.5. The highest BCUT2D eigenvalue weighted by Crippen LogP contribution is 2.40. The van der Waals surface area contributed by atoms with Crippen LogP contribution in [-0.2, 0) is 6.42 Å². The van der Waals surface area contributed by atoms with Gasteiger partial charge in [0.1, 0.15) is 17.6 Å². The Morgan fingerprint density at radius 1 is 1.30 bits per heavy atom. The molecule has 1 fully saturated rings. The predicted molar refractivity (Wildman–Crippen MR) is 129 cm³/mol. The Hall–Kier alpha value is -2.93. The fraction of sp³-hybridized carbons (Fsp3) is 0.423. The molecule has 0 radical (unpaired) electrons. The number of aromatic amines is 1. The second kappa shape index (κ2) is 9.14. The van der Waals surface area contributed by atoms with E-state index in [4.69, 9.17) is 0 Å². The standard InChI is InChI=1S/C26H31F2N5/c1-3-17(2)33-12-9-21-20-7-4-5-8-23(20)31-24(21)26(33)25-22(28)13-18(14-29-25)30-19-15-32(16-19)11-6-10-27/h4-5,7-8,13-14,19,26,30-31H,2-3,6,9-12,15-16H2,1H3/t26-/m0/s1. The number of nitrogens with one attached hydrogen (secondary N) is 2.